The number of carbonyl (C=O) groups excluding carboxylic acids is 4. The van der Waals surface area contributed by atoms with Crippen LogP contribution >= 0.6 is 0 Å². The van der Waals surface area contributed by atoms with Gasteiger partial charge in [-0.1, -0.05) is 89.6 Å². The Labute approximate surface area is 305 Å². The van der Waals surface area contributed by atoms with Crippen molar-refractivity contribution in [2.45, 2.75) is 128 Å². The van der Waals surface area contributed by atoms with E-state index in [-0.39, 0.29) is 25.2 Å². The SMILES string of the molecule is CCCCNC(=O)[C@](N)(CC(=O)[C@H](CC1CCCCC1)C(=O)[C@H](Cc1cnc[nH]1)NC(=O)[C@H](Cc1ccccc1)CS(=O)(=O)C(C)(C)C)C(C)C. The van der Waals surface area contributed by atoms with Crippen molar-refractivity contribution in [1.82, 2.24) is 20.6 Å². The number of H-pyrrole nitrogens is 1. The second-order valence-corrected chi connectivity index (χ2v) is 18.6. The highest BCUT2D eigenvalue weighted by atomic mass is 32.2. The molecule has 5 N–H and O–H groups in total. The van der Waals surface area contributed by atoms with E-state index in [4.69, 9.17) is 5.73 Å². The highest BCUT2D eigenvalue weighted by Gasteiger charge is 2.44. The van der Waals surface area contributed by atoms with Gasteiger partial charge < -0.3 is 21.4 Å². The van der Waals surface area contributed by atoms with Crippen molar-refractivity contribution in [3.8, 4) is 0 Å². The van der Waals surface area contributed by atoms with Gasteiger partial charge in [0.1, 0.15) is 11.3 Å². The van der Waals surface area contributed by atoms with Crippen LogP contribution in [0, 0.1) is 23.7 Å². The van der Waals surface area contributed by atoms with E-state index in [1.54, 1.807) is 40.8 Å². The van der Waals surface area contributed by atoms with Gasteiger partial charge in [-0.2, -0.15) is 0 Å². The zero-order chi connectivity index (χ0) is 37.8. The van der Waals surface area contributed by atoms with Crippen molar-refractivity contribution >= 4 is 33.2 Å². The lowest BCUT2D eigenvalue weighted by molar-refractivity contribution is -0.140. The summed E-state index contributed by atoms with van der Waals surface area (Å²) in [6.07, 6.45) is 9.70. The standard InChI is InChI=1S/C39H61N5O6S/c1-7-8-19-42-37(48)39(40,27(2)3)23-34(45)32(21-29-17-13-10-14-18-29)35(46)33(22-31-24-41-26-43-31)44-36(47)30(20-28-15-11-9-12-16-28)25-51(49,50)38(4,5)6/h9,11-12,15-16,24,26-27,29-30,32-33H,7-8,10,13-14,17-23,25,40H2,1-6H3,(H,41,43)(H,42,48)(H,44,47)/t30-,32+,33+,39+/m1/s1. The van der Waals surface area contributed by atoms with Crippen molar-refractivity contribution in [2.75, 3.05) is 12.3 Å². The lowest BCUT2D eigenvalue weighted by Crippen LogP contribution is -2.60. The first-order valence-electron chi connectivity index (χ1n) is 18.7. The lowest BCUT2D eigenvalue weighted by Gasteiger charge is -2.34. The zero-order valence-corrected chi connectivity index (χ0v) is 32.3. The molecule has 0 unspecified atom stereocenters. The van der Waals surface area contributed by atoms with Crippen LogP contribution in [-0.2, 0) is 41.9 Å². The maximum Gasteiger partial charge on any atom is 0.240 e. The van der Waals surface area contributed by atoms with Crippen LogP contribution in [0.2, 0.25) is 0 Å². The highest BCUT2D eigenvalue weighted by molar-refractivity contribution is 7.92. The van der Waals surface area contributed by atoms with Gasteiger partial charge in [0, 0.05) is 31.3 Å². The number of carbonyl (C=O) groups is 4. The van der Waals surface area contributed by atoms with Crippen LogP contribution in [0.25, 0.3) is 0 Å². The second-order valence-electron chi connectivity index (χ2n) is 15.8. The summed E-state index contributed by atoms with van der Waals surface area (Å²) in [7, 11) is -3.73. The molecule has 1 aromatic heterocycles. The van der Waals surface area contributed by atoms with Crippen LogP contribution in [0.1, 0.15) is 111 Å². The maximum atomic E-state index is 14.8. The van der Waals surface area contributed by atoms with Gasteiger partial charge in [-0.3, -0.25) is 19.2 Å². The van der Waals surface area contributed by atoms with Crippen molar-refractivity contribution in [2.24, 2.45) is 29.4 Å². The topological polar surface area (TPSA) is 181 Å². The number of aromatic amines is 1. The van der Waals surface area contributed by atoms with Crippen molar-refractivity contribution < 1.29 is 27.6 Å². The Kier molecular flexibility index (Phi) is 15.6. The first kappa shape index (κ1) is 42.0. The molecule has 1 heterocycles. The number of hydrogen-bond donors (Lipinski definition) is 4. The number of rotatable bonds is 20. The van der Waals surface area contributed by atoms with E-state index in [0.717, 1.165) is 50.5 Å². The first-order valence-corrected chi connectivity index (χ1v) is 20.3. The number of hydrogen-bond acceptors (Lipinski definition) is 8. The van der Waals surface area contributed by atoms with Crippen molar-refractivity contribution in [3.63, 3.8) is 0 Å². The molecule has 2 amide bonds. The summed E-state index contributed by atoms with van der Waals surface area (Å²) in [6, 6.07) is 8.01. The van der Waals surface area contributed by atoms with E-state index in [1.807, 2.05) is 37.3 Å². The average Bonchev–Trinajstić information content (AvgIpc) is 3.59. The number of nitrogens with one attached hydrogen (secondary N) is 3. The quantitative estimate of drug-likeness (QED) is 0.110. The number of ketones is 2. The van der Waals surface area contributed by atoms with E-state index >= 15 is 0 Å². The minimum absolute atomic E-state index is 0.0263. The molecule has 11 nitrogen and oxygen atoms in total. The summed E-state index contributed by atoms with van der Waals surface area (Å²) in [6.45, 7) is 10.8. The molecule has 4 atom stereocenters. The minimum Gasteiger partial charge on any atom is -0.354 e. The number of unbranched alkanes of at least 4 members (excludes halogenated alkanes) is 1. The molecule has 284 valence electrons. The normalized spacial score (nSPS) is 17.3. The molecule has 1 aromatic carbocycles. The molecule has 1 aliphatic carbocycles. The predicted octanol–water partition coefficient (Wildman–Crippen LogP) is 4.89. The number of imidazole rings is 1. The first-order chi connectivity index (χ1) is 24.0. The van der Waals surface area contributed by atoms with Crippen molar-refractivity contribution in [1.29, 1.82) is 0 Å². The number of amides is 2. The maximum absolute atomic E-state index is 14.8. The molecular formula is C39H61N5O6S. The summed E-state index contributed by atoms with van der Waals surface area (Å²) in [5.41, 5.74) is 6.56. The Morgan fingerprint density at radius 3 is 2.25 bits per heavy atom. The fraction of sp³-hybridized carbons (Fsp3) is 0.667. The van der Waals surface area contributed by atoms with E-state index < -0.39 is 73.1 Å². The smallest absolute Gasteiger partial charge is 0.240 e. The summed E-state index contributed by atoms with van der Waals surface area (Å²) >= 11 is 0. The largest absolute Gasteiger partial charge is 0.354 e. The van der Waals surface area contributed by atoms with Gasteiger partial charge in [-0.15, -0.1) is 0 Å². The van der Waals surface area contributed by atoms with Gasteiger partial charge >= 0.3 is 0 Å². The minimum atomic E-state index is -3.73. The van der Waals surface area contributed by atoms with E-state index in [9.17, 15) is 27.6 Å². The van der Waals surface area contributed by atoms with Crippen LogP contribution in [0.4, 0.5) is 0 Å². The number of benzene rings is 1. The molecule has 0 saturated heterocycles. The Hall–Kier alpha value is -3.38. The van der Waals surface area contributed by atoms with Crippen LogP contribution in [0.3, 0.4) is 0 Å². The van der Waals surface area contributed by atoms with E-state index in [0.29, 0.717) is 18.7 Å². The van der Waals surface area contributed by atoms with Crippen LogP contribution in [0.15, 0.2) is 42.9 Å². The summed E-state index contributed by atoms with van der Waals surface area (Å²) in [4.78, 5) is 63.8. The van der Waals surface area contributed by atoms with Gasteiger partial charge in [0.05, 0.1) is 34.7 Å². The number of Topliss-reactive ketones (excluding diaryl/α,β-unsaturated/α-hetero) is 2. The Morgan fingerprint density at radius 1 is 1.02 bits per heavy atom. The fourth-order valence-electron chi connectivity index (χ4n) is 6.68. The summed E-state index contributed by atoms with van der Waals surface area (Å²) in [5.74, 6) is -4.68. The van der Waals surface area contributed by atoms with Crippen molar-refractivity contribution in [3.05, 3.63) is 54.1 Å². The molecule has 12 heteroatoms. The molecule has 0 aliphatic heterocycles. The molecule has 1 saturated carbocycles. The molecule has 0 bridgehead atoms. The molecule has 1 aliphatic rings. The lowest BCUT2D eigenvalue weighted by atomic mass is 9.74. The third-order valence-corrected chi connectivity index (χ3v) is 13.2. The van der Waals surface area contributed by atoms with Crippen LogP contribution in [-0.4, -0.2) is 70.4 Å². The van der Waals surface area contributed by atoms with E-state index in [1.165, 1.54) is 6.33 Å². The third-order valence-electron chi connectivity index (χ3n) is 10.4. The van der Waals surface area contributed by atoms with Gasteiger partial charge in [0.2, 0.25) is 11.8 Å². The third kappa shape index (κ3) is 12.1. The molecule has 3 rings (SSSR count). The zero-order valence-electron chi connectivity index (χ0n) is 31.5. The fourth-order valence-corrected chi connectivity index (χ4v) is 7.97. The molecule has 2 aromatic rings. The summed E-state index contributed by atoms with van der Waals surface area (Å²) in [5, 5.41) is 5.78. The monoisotopic (exact) mass is 727 g/mol. The van der Waals surface area contributed by atoms with Gasteiger partial charge in [0.25, 0.3) is 0 Å². The Bertz CT molecular complexity index is 1530. The highest BCUT2D eigenvalue weighted by Crippen LogP contribution is 2.33. The van der Waals surface area contributed by atoms with Gasteiger partial charge in [0.15, 0.2) is 15.6 Å². The number of nitrogens with two attached hydrogens (primary N) is 1. The Balaban J connectivity index is 2.00. The average molecular weight is 728 g/mol. The van der Waals surface area contributed by atoms with Crippen LogP contribution in [0.5, 0.6) is 0 Å². The number of aromatic nitrogens is 2. The molecule has 51 heavy (non-hydrogen) atoms. The van der Waals surface area contributed by atoms with E-state index in [2.05, 4.69) is 20.6 Å². The van der Waals surface area contributed by atoms with Gasteiger partial charge in [-0.05, 0) is 57.4 Å². The van der Waals surface area contributed by atoms with Gasteiger partial charge in [-0.25, -0.2) is 13.4 Å². The molecular weight excluding hydrogens is 667 g/mol. The summed E-state index contributed by atoms with van der Waals surface area (Å²) < 4.78 is 25.8. The van der Waals surface area contributed by atoms with Crippen LogP contribution < -0.4 is 16.4 Å². The molecule has 0 radical (unpaired) electrons. The molecule has 0 spiro atoms. The Morgan fingerprint density at radius 2 is 1.69 bits per heavy atom. The number of sulfone groups is 1. The number of nitrogens with zero attached hydrogens (tertiary/aromatic N) is 1. The molecule has 1 fully saturated rings. The predicted molar refractivity (Wildman–Crippen MR) is 200 cm³/mol. The second kappa shape index (κ2) is 18.9.